The zero-order valence-electron chi connectivity index (χ0n) is 22.3. The third-order valence-electron chi connectivity index (χ3n) is 6.68. The third-order valence-corrected chi connectivity index (χ3v) is 6.68. The second kappa shape index (κ2) is 12.9. The summed E-state index contributed by atoms with van der Waals surface area (Å²) in [7, 11) is 0. The minimum Gasteiger partial charge on any atom is -0.480 e. The quantitative estimate of drug-likeness (QED) is 0.470. The molecular formula is C28H38N4O6. The second-order valence-electron chi connectivity index (χ2n) is 11.0. The van der Waals surface area contributed by atoms with E-state index in [2.05, 4.69) is 32.9 Å². The highest BCUT2D eigenvalue weighted by molar-refractivity contribution is 5.70. The van der Waals surface area contributed by atoms with Crippen molar-refractivity contribution < 1.29 is 29.7 Å². The first-order chi connectivity index (χ1) is 17.9. The number of carboxylic acid groups (broad SMARTS) is 3. The maximum absolute atomic E-state index is 11.9. The van der Waals surface area contributed by atoms with Crippen LogP contribution in [-0.4, -0.2) is 98.2 Å². The highest BCUT2D eigenvalue weighted by Crippen LogP contribution is 2.23. The van der Waals surface area contributed by atoms with Crippen LogP contribution >= 0.6 is 0 Å². The van der Waals surface area contributed by atoms with Gasteiger partial charge >= 0.3 is 17.9 Å². The van der Waals surface area contributed by atoms with Gasteiger partial charge in [0.15, 0.2) is 0 Å². The largest absolute Gasteiger partial charge is 0.480 e. The number of pyridine rings is 1. The van der Waals surface area contributed by atoms with E-state index in [9.17, 15) is 29.7 Å². The van der Waals surface area contributed by atoms with E-state index < -0.39 is 17.9 Å². The summed E-state index contributed by atoms with van der Waals surface area (Å²) in [5.74, 6) is -2.94. The van der Waals surface area contributed by atoms with E-state index in [1.807, 2.05) is 35.2 Å². The van der Waals surface area contributed by atoms with Gasteiger partial charge in [0, 0.05) is 38.8 Å². The summed E-state index contributed by atoms with van der Waals surface area (Å²) >= 11 is 0. The summed E-state index contributed by atoms with van der Waals surface area (Å²) in [4.78, 5) is 45.1. The van der Waals surface area contributed by atoms with Gasteiger partial charge in [-0.3, -0.25) is 34.1 Å². The van der Waals surface area contributed by atoms with Crippen molar-refractivity contribution in [2.24, 2.45) is 0 Å². The molecule has 1 aliphatic heterocycles. The number of fused-ring (bicyclic) bond motifs is 2. The Hall–Kier alpha value is -3.34. The van der Waals surface area contributed by atoms with Crippen LogP contribution in [0.5, 0.6) is 0 Å². The van der Waals surface area contributed by atoms with Crippen molar-refractivity contribution in [1.29, 1.82) is 0 Å². The van der Waals surface area contributed by atoms with Gasteiger partial charge in [0.05, 0.1) is 31.0 Å². The van der Waals surface area contributed by atoms with E-state index in [-0.39, 0.29) is 37.6 Å². The van der Waals surface area contributed by atoms with Crippen LogP contribution in [0.3, 0.4) is 0 Å². The molecule has 2 aromatic rings. The van der Waals surface area contributed by atoms with Crippen LogP contribution < -0.4 is 0 Å². The number of rotatable bonds is 8. The predicted molar refractivity (Wildman–Crippen MR) is 142 cm³/mol. The summed E-state index contributed by atoms with van der Waals surface area (Å²) in [6.07, 6.45) is 0.520. The molecule has 2 heterocycles. The van der Waals surface area contributed by atoms with Gasteiger partial charge in [0.2, 0.25) is 0 Å². The number of hydrogen-bond donors (Lipinski definition) is 3. The minimum atomic E-state index is -0.994. The molecule has 38 heavy (non-hydrogen) atoms. The Bertz CT molecular complexity index is 1120. The normalized spacial score (nSPS) is 18.3. The number of hydrogen-bond acceptors (Lipinski definition) is 7. The number of aromatic nitrogens is 1. The monoisotopic (exact) mass is 526 g/mol. The molecule has 1 aromatic carbocycles. The highest BCUT2D eigenvalue weighted by Gasteiger charge is 2.27. The minimum absolute atomic E-state index is 0.00215. The Kier molecular flexibility index (Phi) is 9.96. The number of nitrogens with zero attached hydrogens (tertiary/aromatic N) is 4. The molecule has 0 saturated carbocycles. The van der Waals surface area contributed by atoms with E-state index in [1.54, 1.807) is 9.80 Å². The first-order valence-electron chi connectivity index (χ1n) is 12.8. The Balaban J connectivity index is 1.99. The van der Waals surface area contributed by atoms with Crippen LogP contribution in [0.15, 0.2) is 42.5 Å². The van der Waals surface area contributed by atoms with Crippen LogP contribution in [0.25, 0.3) is 0 Å². The zero-order chi connectivity index (χ0) is 27.9. The lowest BCUT2D eigenvalue weighted by molar-refractivity contribution is -0.141. The average Bonchev–Trinajstić information content (AvgIpc) is 2.80. The molecule has 10 nitrogen and oxygen atoms in total. The number of carbonyl (C=O) groups is 3. The lowest BCUT2D eigenvalue weighted by Crippen LogP contribution is -2.50. The van der Waals surface area contributed by atoms with Crippen LogP contribution in [-0.2, 0) is 39.3 Å². The number of carboxylic acids is 3. The molecule has 3 N–H and O–H groups in total. The lowest BCUT2D eigenvalue weighted by Gasteiger charge is -2.36. The summed E-state index contributed by atoms with van der Waals surface area (Å²) in [6.45, 7) is 7.30. The van der Waals surface area contributed by atoms with Crippen LogP contribution in [0.2, 0.25) is 0 Å². The third kappa shape index (κ3) is 9.20. The maximum Gasteiger partial charge on any atom is 0.317 e. The van der Waals surface area contributed by atoms with Crippen molar-refractivity contribution in [3.8, 4) is 0 Å². The molecule has 3 rings (SSSR count). The van der Waals surface area contributed by atoms with Crippen LogP contribution in [0, 0.1) is 0 Å². The molecule has 1 atom stereocenters. The summed E-state index contributed by atoms with van der Waals surface area (Å²) < 4.78 is 0. The van der Waals surface area contributed by atoms with Gasteiger partial charge in [-0.1, -0.05) is 51.1 Å². The zero-order valence-corrected chi connectivity index (χ0v) is 22.3. The Morgan fingerprint density at radius 3 is 1.95 bits per heavy atom. The predicted octanol–water partition coefficient (Wildman–Crippen LogP) is 2.16. The smallest absolute Gasteiger partial charge is 0.317 e. The molecule has 206 valence electrons. The van der Waals surface area contributed by atoms with Gasteiger partial charge in [-0.15, -0.1) is 0 Å². The van der Waals surface area contributed by atoms with Crippen molar-refractivity contribution in [2.45, 2.75) is 51.7 Å². The SMILES string of the molecule is CC(C)(C)c1ccc(C[C@H]2CN(CC(=O)O)CCN(CC(=O)O)Cc3cccc(n3)CN2CC(=O)O)cc1. The van der Waals surface area contributed by atoms with E-state index in [4.69, 9.17) is 4.98 Å². The van der Waals surface area contributed by atoms with Gasteiger partial charge < -0.3 is 15.3 Å². The number of benzene rings is 1. The topological polar surface area (TPSA) is 135 Å². The first kappa shape index (κ1) is 29.2. The maximum atomic E-state index is 11.9. The molecule has 0 fully saturated rings. The van der Waals surface area contributed by atoms with E-state index >= 15 is 0 Å². The second-order valence-corrected chi connectivity index (χ2v) is 11.0. The molecule has 0 spiro atoms. The molecule has 2 bridgehead atoms. The Morgan fingerprint density at radius 1 is 0.816 bits per heavy atom. The van der Waals surface area contributed by atoms with Gasteiger partial charge in [0.25, 0.3) is 0 Å². The summed E-state index contributed by atoms with van der Waals surface area (Å²) in [5, 5.41) is 28.7. The van der Waals surface area contributed by atoms with Crippen molar-refractivity contribution in [1.82, 2.24) is 19.7 Å². The van der Waals surface area contributed by atoms with Crippen LogP contribution in [0.1, 0.15) is 43.3 Å². The molecule has 0 aliphatic carbocycles. The molecule has 0 radical (unpaired) electrons. The fourth-order valence-electron chi connectivity index (χ4n) is 4.76. The Morgan fingerprint density at radius 2 is 1.37 bits per heavy atom. The molecule has 1 aromatic heterocycles. The van der Waals surface area contributed by atoms with Gasteiger partial charge in [0.1, 0.15) is 0 Å². The van der Waals surface area contributed by atoms with Crippen LogP contribution in [0.4, 0.5) is 0 Å². The van der Waals surface area contributed by atoms with E-state index in [0.717, 1.165) is 5.56 Å². The van der Waals surface area contributed by atoms with E-state index in [0.29, 0.717) is 44.0 Å². The summed E-state index contributed by atoms with van der Waals surface area (Å²) in [5.41, 5.74) is 3.57. The molecule has 1 aliphatic rings. The molecule has 0 amide bonds. The number of aliphatic carboxylic acids is 3. The highest BCUT2D eigenvalue weighted by atomic mass is 16.4. The van der Waals surface area contributed by atoms with E-state index in [1.165, 1.54) is 5.56 Å². The van der Waals surface area contributed by atoms with Crippen molar-refractivity contribution in [2.75, 3.05) is 39.3 Å². The first-order valence-corrected chi connectivity index (χ1v) is 12.8. The van der Waals surface area contributed by atoms with Crippen molar-refractivity contribution in [3.05, 3.63) is 65.0 Å². The standard InChI is InChI=1S/C28H38N4O6/c1-28(2,3)21-9-7-20(8-10-21)13-24-16-31(18-26(35)36)12-11-30(17-25(33)34)14-22-5-4-6-23(29-22)15-32(24)19-27(37)38/h4-10,24H,11-19H2,1-3H3,(H,33,34)(H,35,36)(H,37,38)/t24-/m0/s1. The fraction of sp³-hybridized carbons (Fsp3) is 0.500. The molecule has 0 saturated heterocycles. The summed E-state index contributed by atoms with van der Waals surface area (Å²) in [6, 6.07) is 13.4. The molecule has 0 unspecified atom stereocenters. The Labute approximate surface area is 223 Å². The molecule has 10 heteroatoms. The average molecular weight is 527 g/mol. The van der Waals surface area contributed by atoms with Crippen molar-refractivity contribution >= 4 is 17.9 Å². The van der Waals surface area contributed by atoms with Gasteiger partial charge in [-0.05, 0) is 35.1 Å². The van der Waals surface area contributed by atoms with Gasteiger partial charge in [-0.2, -0.15) is 0 Å². The fourth-order valence-corrected chi connectivity index (χ4v) is 4.76. The lowest BCUT2D eigenvalue weighted by atomic mass is 9.86. The molecular weight excluding hydrogens is 488 g/mol. The van der Waals surface area contributed by atoms with Gasteiger partial charge in [-0.25, -0.2) is 0 Å². The van der Waals surface area contributed by atoms with Crippen molar-refractivity contribution in [3.63, 3.8) is 0 Å².